The molecule has 0 fully saturated rings. The van der Waals surface area contributed by atoms with Crippen LogP contribution in [0.25, 0.3) is 0 Å². The summed E-state index contributed by atoms with van der Waals surface area (Å²) in [5, 5.41) is 3.60. The SMILES string of the molecule is Nc1ccc(=O)n(CC(=O)NC2C=CS(=O)(=O)C2)c1. The van der Waals surface area contributed by atoms with E-state index in [0.29, 0.717) is 5.69 Å². The summed E-state index contributed by atoms with van der Waals surface area (Å²) >= 11 is 0. The van der Waals surface area contributed by atoms with E-state index in [-0.39, 0.29) is 17.9 Å². The topological polar surface area (TPSA) is 111 Å². The van der Waals surface area contributed by atoms with Gasteiger partial charge >= 0.3 is 0 Å². The van der Waals surface area contributed by atoms with Gasteiger partial charge in [-0.2, -0.15) is 0 Å². The number of sulfone groups is 1. The fourth-order valence-corrected chi connectivity index (χ4v) is 2.98. The number of pyridine rings is 1. The second-order valence-corrected chi connectivity index (χ2v) is 6.19. The Kier molecular flexibility index (Phi) is 3.43. The Morgan fingerprint density at radius 2 is 2.21 bits per heavy atom. The van der Waals surface area contributed by atoms with Crippen LogP contribution in [0.4, 0.5) is 5.69 Å². The van der Waals surface area contributed by atoms with E-state index in [4.69, 9.17) is 5.73 Å². The molecule has 1 aromatic rings. The van der Waals surface area contributed by atoms with E-state index in [1.165, 1.54) is 24.4 Å². The smallest absolute Gasteiger partial charge is 0.251 e. The molecule has 3 N–H and O–H groups in total. The Hall–Kier alpha value is -2.09. The summed E-state index contributed by atoms with van der Waals surface area (Å²) in [6.45, 7) is -0.200. The number of nitrogens with two attached hydrogens (primary N) is 1. The average Bonchev–Trinajstić information content (AvgIpc) is 2.63. The first-order valence-electron chi connectivity index (χ1n) is 5.52. The van der Waals surface area contributed by atoms with Crippen LogP contribution in [0.3, 0.4) is 0 Å². The molecule has 2 heterocycles. The summed E-state index contributed by atoms with van der Waals surface area (Å²) in [6, 6.07) is 2.17. The first-order valence-corrected chi connectivity index (χ1v) is 7.23. The van der Waals surface area contributed by atoms with Crippen LogP contribution in [0, 0.1) is 0 Å². The zero-order valence-electron chi connectivity index (χ0n) is 9.94. The van der Waals surface area contributed by atoms with Crippen LogP contribution in [0.1, 0.15) is 0 Å². The molecular formula is C11H13N3O4S. The molecule has 1 aliphatic rings. The molecule has 7 nitrogen and oxygen atoms in total. The minimum atomic E-state index is -3.21. The molecule has 2 rings (SSSR count). The number of anilines is 1. The Morgan fingerprint density at radius 1 is 1.47 bits per heavy atom. The molecule has 19 heavy (non-hydrogen) atoms. The molecule has 0 spiro atoms. The molecule has 1 unspecified atom stereocenters. The molecule has 0 aromatic carbocycles. The van der Waals surface area contributed by atoms with Crippen molar-refractivity contribution in [1.29, 1.82) is 0 Å². The lowest BCUT2D eigenvalue weighted by molar-refractivity contribution is -0.122. The number of carbonyl (C=O) groups excluding carboxylic acids is 1. The van der Waals surface area contributed by atoms with Gasteiger partial charge in [-0.3, -0.25) is 9.59 Å². The lowest BCUT2D eigenvalue weighted by atomic mass is 10.3. The van der Waals surface area contributed by atoms with Crippen molar-refractivity contribution in [2.45, 2.75) is 12.6 Å². The quantitative estimate of drug-likeness (QED) is 0.728. The summed E-state index contributed by atoms with van der Waals surface area (Å²) in [7, 11) is -3.21. The average molecular weight is 283 g/mol. The lowest BCUT2D eigenvalue weighted by Gasteiger charge is -2.11. The van der Waals surface area contributed by atoms with E-state index < -0.39 is 21.8 Å². The van der Waals surface area contributed by atoms with Crippen molar-refractivity contribution in [3.8, 4) is 0 Å². The molecule has 0 radical (unpaired) electrons. The zero-order chi connectivity index (χ0) is 14.0. The third kappa shape index (κ3) is 3.44. The third-order valence-corrected chi connectivity index (χ3v) is 3.99. The Bertz CT molecular complexity index is 690. The summed E-state index contributed by atoms with van der Waals surface area (Å²) in [5.41, 5.74) is 5.54. The van der Waals surface area contributed by atoms with Gasteiger partial charge in [0.15, 0.2) is 9.84 Å². The van der Waals surface area contributed by atoms with Gasteiger partial charge in [0.1, 0.15) is 6.54 Å². The molecule has 0 saturated heterocycles. The van der Waals surface area contributed by atoms with Gasteiger partial charge in [0.2, 0.25) is 5.91 Å². The van der Waals surface area contributed by atoms with Crippen LogP contribution < -0.4 is 16.6 Å². The van der Waals surface area contributed by atoms with Crippen molar-refractivity contribution >= 4 is 21.4 Å². The highest BCUT2D eigenvalue weighted by Gasteiger charge is 2.22. The van der Waals surface area contributed by atoms with Gasteiger partial charge in [0, 0.05) is 23.4 Å². The van der Waals surface area contributed by atoms with Crippen LogP contribution in [-0.4, -0.2) is 30.7 Å². The number of nitrogens with one attached hydrogen (secondary N) is 1. The lowest BCUT2D eigenvalue weighted by Crippen LogP contribution is -2.39. The van der Waals surface area contributed by atoms with Gasteiger partial charge in [0.25, 0.3) is 5.56 Å². The predicted octanol–water partition coefficient (Wildman–Crippen LogP) is -1.14. The molecule has 1 amide bonds. The monoisotopic (exact) mass is 283 g/mol. The molecule has 1 aromatic heterocycles. The van der Waals surface area contributed by atoms with E-state index in [9.17, 15) is 18.0 Å². The number of hydrogen-bond acceptors (Lipinski definition) is 5. The summed E-state index contributed by atoms with van der Waals surface area (Å²) in [6.07, 6.45) is 2.78. The molecule has 1 atom stereocenters. The van der Waals surface area contributed by atoms with Crippen molar-refractivity contribution in [3.63, 3.8) is 0 Å². The Morgan fingerprint density at radius 3 is 2.84 bits per heavy atom. The van der Waals surface area contributed by atoms with Crippen LogP contribution in [-0.2, 0) is 21.2 Å². The maximum atomic E-state index is 11.7. The highest BCUT2D eigenvalue weighted by Crippen LogP contribution is 2.07. The normalized spacial score (nSPS) is 20.3. The van der Waals surface area contributed by atoms with E-state index in [1.807, 2.05) is 0 Å². The number of aromatic nitrogens is 1. The largest absolute Gasteiger partial charge is 0.398 e. The van der Waals surface area contributed by atoms with Crippen LogP contribution in [0.5, 0.6) is 0 Å². The number of hydrogen-bond donors (Lipinski definition) is 2. The van der Waals surface area contributed by atoms with E-state index in [1.54, 1.807) is 0 Å². The molecule has 8 heteroatoms. The van der Waals surface area contributed by atoms with Gasteiger partial charge in [0.05, 0.1) is 11.8 Å². The Labute approximate surface area is 109 Å². The van der Waals surface area contributed by atoms with E-state index in [2.05, 4.69) is 5.32 Å². The van der Waals surface area contributed by atoms with Crippen LogP contribution >= 0.6 is 0 Å². The summed E-state index contributed by atoms with van der Waals surface area (Å²) < 4.78 is 23.5. The second kappa shape index (κ2) is 4.88. The van der Waals surface area contributed by atoms with Gasteiger partial charge < -0.3 is 15.6 Å². The zero-order valence-corrected chi connectivity index (χ0v) is 10.8. The highest BCUT2D eigenvalue weighted by molar-refractivity contribution is 7.94. The van der Waals surface area contributed by atoms with Crippen LogP contribution in [0.15, 0.2) is 34.6 Å². The van der Waals surface area contributed by atoms with Crippen molar-refractivity contribution < 1.29 is 13.2 Å². The number of amides is 1. The molecule has 0 bridgehead atoms. The number of rotatable bonds is 3. The highest BCUT2D eigenvalue weighted by atomic mass is 32.2. The van der Waals surface area contributed by atoms with Crippen molar-refractivity contribution in [2.24, 2.45) is 0 Å². The fraction of sp³-hybridized carbons (Fsp3) is 0.273. The maximum Gasteiger partial charge on any atom is 0.251 e. The Balaban J connectivity index is 2.01. The molecule has 0 saturated carbocycles. The minimum absolute atomic E-state index is 0.148. The van der Waals surface area contributed by atoms with Gasteiger partial charge in [-0.25, -0.2) is 8.42 Å². The minimum Gasteiger partial charge on any atom is -0.398 e. The molecule has 1 aliphatic heterocycles. The molecule has 102 valence electrons. The predicted molar refractivity (Wildman–Crippen MR) is 70.0 cm³/mol. The molecule has 0 aliphatic carbocycles. The first kappa shape index (κ1) is 13.3. The van der Waals surface area contributed by atoms with Crippen molar-refractivity contribution in [2.75, 3.05) is 11.5 Å². The van der Waals surface area contributed by atoms with E-state index in [0.717, 1.165) is 9.98 Å². The van der Waals surface area contributed by atoms with Gasteiger partial charge in [-0.15, -0.1) is 0 Å². The van der Waals surface area contributed by atoms with Crippen LogP contribution in [0.2, 0.25) is 0 Å². The molecular weight excluding hydrogens is 270 g/mol. The van der Waals surface area contributed by atoms with Crippen molar-refractivity contribution in [3.05, 3.63) is 40.2 Å². The van der Waals surface area contributed by atoms with Crippen molar-refractivity contribution in [1.82, 2.24) is 9.88 Å². The number of carbonyl (C=O) groups is 1. The fourth-order valence-electron chi connectivity index (χ4n) is 1.75. The second-order valence-electron chi connectivity index (χ2n) is 4.26. The van der Waals surface area contributed by atoms with Gasteiger partial charge in [-0.1, -0.05) is 0 Å². The summed E-state index contributed by atoms with van der Waals surface area (Å²) in [4.78, 5) is 23.2. The summed E-state index contributed by atoms with van der Waals surface area (Å²) in [5.74, 6) is -0.593. The third-order valence-electron chi connectivity index (χ3n) is 2.60. The standard InChI is InChI=1S/C11H13N3O4S/c12-8-1-2-11(16)14(5-8)6-10(15)13-9-3-4-19(17,18)7-9/h1-5,9H,6-7,12H2,(H,13,15). The number of nitrogens with zero attached hydrogens (tertiary/aromatic N) is 1. The number of nitrogen functional groups attached to an aromatic ring is 1. The maximum absolute atomic E-state index is 11.7. The van der Waals surface area contributed by atoms with Gasteiger partial charge in [-0.05, 0) is 12.1 Å². The van der Waals surface area contributed by atoms with E-state index >= 15 is 0 Å². The first-order chi connectivity index (χ1) is 8.85.